The molecule has 1 rings (SSSR count). The van der Waals surface area contributed by atoms with Crippen LogP contribution in [0.5, 0.6) is 0 Å². The first-order chi connectivity index (χ1) is 5.56. The smallest absolute Gasteiger partial charge is 0.102 e. The second-order valence-corrected chi connectivity index (χ2v) is 4.23. The second kappa shape index (κ2) is 3.71. The fraction of sp³-hybridized carbons (Fsp3) is 1.00. The minimum Gasteiger partial charge on any atom is -0.311 e. The minimum atomic E-state index is -0.240. The van der Waals surface area contributed by atoms with Crippen LogP contribution in [-0.4, -0.2) is 42.8 Å². The Bertz CT molecular complexity index is 147. The molecule has 0 spiro atoms. The highest BCUT2D eigenvalue weighted by Crippen LogP contribution is 2.17. The molecule has 1 fully saturated rings. The van der Waals surface area contributed by atoms with Gasteiger partial charge in [-0.2, -0.15) is 0 Å². The van der Waals surface area contributed by atoms with Crippen LogP contribution in [0, 0.1) is 0 Å². The lowest BCUT2D eigenvalue weighted by Gasteiger charge is -2.45. The molecule has 1 aliphatic rings. The predicted octanol–water partition coefficient (Wildman–Crippen LogP) is 1.03. The molecule has 0 amide bonds. The first-order valence-corrected chi connectivity index (χ1v) is 4.60. The van der Waals surface area contributed by atoms with E-state index in [1.165, 1.54) is 0 Å². The number of hydrogen-bond donors (Lipinski definition) is 1. The van der Waals surface area contributed by atoms with Crippen molar-refractivity contribution in [3.05, 3.63) is 0 Å². The van der Waals surface area contributed by atoms with Gasteiger partial charge in [0.05, 0.1) is 0 Å². The van der Waals surface area contributed by atoms with E-state index in [-0.39, 0.29) is 12.2 Å². The van der Waals surface area contributed by atoms with Crippen molar-refractivity contribution < 1.29 is 4.39 Å². The highest BCUT2D eigenvalue weighted by molar-refractivity contribution is 4.91. The molecule has 2 nitrogen and oxygen atoms in total. The Morgan fingerprint density at radius 2 is 2.25 bits per heavy atom. The molecule has 1 N–H and O–H groups in total. The Kier molecular flexibility index (Phi) is 3.07. The van der Waals surface area contributed by atoms with Gasteiger partial charge in [-0.25, -0.2) is 4.39 Å². The number of nitrogens with zero attached hydrogens (tertiary/aromatic N) is 1. The third-order valence-corrected chi connectivity index (χ3v) is 2.59. The van der Waals surface area contributed by atoms with Crippen LogP contribution >= 0.6 is 0 Å². The van der Waals surface area contributed by atoms with E-state index in [0.717, 1.165) is 13.1 Å². The molecule has 0 saturated carbocycles. The maximum absolute atomic E-state index is 12.2. The van der Waals surface area contributed by atoms with Crippen molar-refractivity contribution in [2.24, 2.45) is 0 Å². The molecule has 72 valence electrons. The largest absolute Gasteiger partial charge is 0.311 e. The monoisotopic (exact) mass is 174 g/mol. The summed E-state index contributed by atoms with van der Waals surface area (Å²) in [7, 11) is 0. The topological polar surface area (TPSA) is 15.3 Å². The Labute approximate surface area is 74.1 Å². The van der Waals surface area contributed by atoms with Crippen LogP contribution in [0.3, 0.4) is 0 Å². The zero-order valence-corrected chi connectivity index (χ0v) is 8.23. The molecule has 0 bridgehead atoms. The van der Waals surface area contributed by atoms with Gasteiger partial charge in [0, 0.05) is 31.2 Å². The van der Waals surface area contributed by atoms with Crippen LogP contribution in [0.2, 0.25) is 0 Å². The number of nitrogens with one attached hydrogen (secondary N) is 1. The molecule has 12 heavy (non-hydrogen) atoms. The van der Waals surface area contributed by atoms with E-state index in [1.807, 2.05) is 0 Å². The van der Waals surface area contributed by atoms with Crippen LogP contribution in [0.15, 0.2) is 0 Å². The standard InChI is InChI=1S/C9H19FN2/c1-8-6-12(5-4-10)9(2,3)7-11-8/h8,11H,4-7H2,1-3H3. The number of alkyl halides is 1. The first kappa shape index (κ1) is 9.93. The Morgan fingerprint density at radius 3 is 2.83 bits per heavy atom. The Hall–Kier alpha value is -0.150. The van der Waals surface area contributed by atoms with Gasteiger partial charge in [0.1, 0.15) is 6.67 Å². The van der Waals surface area contributed by atoms with E-state index < -0.39 is 0 Å². The Morgan fingerprint density at radius 1 is 1.58 bits per heavy atom. The average molecular weight is 174 g/mol. The number of halogens is 1. The highest BCUT2D eigenvalue weighted by atomic mass is 19.1. The highest BCUT2D eigenvalue weighted by Gasteiger charge is 2.31. The van der Waals surface area contributed by atoms with Crippen molar-refractivity contribution in [2.45, 2.75) is 32.4 Å². The zero-order valence-electron chi connectivity index (χ0n) is 8.23. The second-order valence-electron chi connectivity index (χ2n) is 4.23. The number of hydrogen-bond acceptors (Lipinski definition) is 2. The summed E-state index contributed by atoms with van der Waals surface area (Å²) < 4.78 is 12.2. The molecule has 1 unspecified atom stereocenters. The van der Waals surface area contributed by atoms with E-state index in [0.29, 0.717) is 12.6 Å². The van der Waals surface area contributed by atoms with Gasteiger partial charge in [-0.1, -0.05) is 0 Å². The van der Waals surface area contributed by atoms with Crippen molar-refractivity contribution in [1.29, 1.82) is 0 Å². The summed E-state index contributed by atoms with van der Waals surface area (Å²) in [5.74, 6) is 0. The summed E-state index contributed by atoms with van der Waals surface area (Å²) in [6.45, 7) is 8.68. The van der Waals surface area contributed by atoms with E-state index in [1.54, 1.807) is 0 Å². The summed E-state index contributed by atoms with van der Waals surface area (Å²) in [4.78, 5) is 2.22. The van der Waals surface area contributed by atoms with Crippen LogP contribution in [-0.2, 0) is 0 Å². The van der Waals surface area contributed by atoms with E-state index in [2.05, 4.69) is 31.0 Å². The normalized spacial score (nSPS) is 30.5. The van der Waals surface area contributed by atoms with Gasteiger partial charge < -0.3 is 5.32 Å². The molecule has 0 aromatic heterocycles. The van der Waals surface area contributed by atoms with Crippen molar-refractivity contribution >= 4 is 0 Å². The summed E-state index contributed by atoms with van der Waals surface area (Å²) in [6.07, 6.45) is 0. The lowest BCUT2D eigenvalue weighted by molar-refractivity contribution is 0.0642. The van der Waals surface area contributed by atoms with Crippen LogP contribution in [0.25, 0.3) is 0 Å². The predicted molar refractivity (Wildman–Crippen MR) is 49.1 cm³/mol. The molecule has 1 heterocycles. The maximum atomic E-state index is 12.2. The first-order valence-electron chi connectivity index (χ1n) is 4.60. The zero-order chi connectivity index (χ0) is 9.19. The van der Waals surface area contributed by atoms with Gasteiger partial charge in [-0.15, -0.1) is 0 Å². The summed E-state index contributed by atoms with van der Waals surface area (Å²) in [5.41, 5.74) is 0.110. The van der Waals surface area contributed by atoms with E-state index in [9.17, 15) is 4.39 Å². The lowest BCUT2D eigenvalue weighted by atomic mass is 9.98. The minimum absolute atomic E-state index is 0.110. The summed E-state index contributed by atoms with van der Waals surface area (Å²) in [6, 6.07) is 0.490. The number of piperazine rings is 1. The molecule has 3 heteroatoms. The van der Waals surface area contributed by atoms with Crippen LogP contribution in [0.1, 0.15) is 20.8 Å². The molecule has 1 saturated heterocycles. The summed E-state index contributed by atoms with van der Waals surface area (Å²) in [5, 5.41) is 3.40. The molecule has 0 radical (unpaired) electrons. The molecular weight excluding hydrogens is 155 g/mol. The molecule has 0 aromatic carbocycles. The van der Waals surface area contributed by atoms with Crippen molar-refractivity contribution in [2.75, 3.05) is 26.3 Å². The molecule has 1 aliphatic heterocycles. The van der Waals surface area contributed by atoms with Gasteiger partial charge >= 0.3 is 0 Å². The van der Waals surface area contributed by atoms with Gasteiger partial charge in [0.25, 0.3) is 0 Å². The third-order valence-electron chi connectivity index (χ3n) is 2.59. The van der Waals surface area contributed by atoms with E-state index in [4.69, 9.17) is 0 Å². The van der Waals surface area contributed by atoms with Gasteiger partial charge in [0.2, 0.25) is 0 Å². The Balaban J connectivity index is 2.52. The fourth-order valence-electron chi connectivity index (χ4n) is 1.67. The number of rotatable bonds is 2. The molecule has 0 aromatic rings. The van der Waals surface area contributed by atoms with Crippen molar-refractivity contribution in [1.82, 2.24) is 10.2 Å². The molecule has 1 atom stereocenters. The van der Waals surface area contributed by atoms with Gasteiger partial charge in [-0.3, -0.25) is 4.90 Å². The molecular formula is C9H19FN2. The average Bonchev–Trinajstić information content (AvgIpc) is 1.98. The third kappa shape index (κ3) is 2.17. The quantitative estimate of drug-likeness (QED) is 0.672. The van der Waals surface area contributed by atoms with Gasteiger partial charge in [0.15, 0.2) is 0 Å². The van der Waals surface area contributed by atoms with Crippen LogP contribution in [0.4, 0.5) is 4.39 Å². The maximum Gasteiger partial charge on any atom is 0.102 e. The van der Waals surface area contributed by atoms with Crippen LogP contribution < -0.4 is 5.32 Å². The van der Waals surface area contributed by atoms with E-state index >= 15 is 0 Å². The van der Waals surface area contributed by atoms with Crippen molar-refractivity contribution in [3.8, 4) is 0 Å². The lowest BCUT2D eigenvalue weighted by Crippen LogP contribution is -2.61. The summed E-state index contributed by atoms with van der Waals surface area (Å²) >= 11 is 0. The molecule has 0 aliphatic carbocycles. The SMILES string of the molecule is CC1CN(CCF)C(C)(C)CN1. The van der Waals surface area contributed by atoms with Gasteiger partial charge in [-0.05, 0) is 20.8 Å². The fourth-order valence-corrected chi connectivity index (χ4v) is 1.67. The van der Waals surface area contributed by atoms with Crippen molar-refractivity contribution in [3.63, 3.8) is 0 Å².